The normalized spacial score (nSPS) is 10.5. The van der Waals surface area contributed by atoms with Crippen LogP contribution in [0.5, 0.6) is 11.5 Å². The maximum atomic E-state index is 13.6. The lowest BCUT2D eigenvalue weighted by atomic mass is 10.1. The standard InChI is InChI=1S/C21H22FNO5/c1-26-18-6-4-3-5-16(18)11-12-23-20(24)14-28-21(25)10-8-15-7-9-19(27-2)17(22)13-15/h3-10,13H,11-12,14H2,1-2H3,(H,23,24)/b10-8+. The van der Waals surface area contributed by atoms with E-state index in [2.05, 4.69) is 5.32 Å². The minimum absolute atomic E-state index is 0.115. The van der Waals surface area contributed by atoms with Crippen molar-refractivity contribution in [1.82, 2.24) is 5.32 Å². The number of nitrogens with one attached hydrogen (secondary N) is 1. The third-order valence-electron chi connectivity index (χ3n) is 3.84. The van der Waals surface area contributed by atoms with Crippen LogP contribution in [0.1, 0.15) is 11.1 Å². The molecule has 0 bridgehead atoms. The molecule has 28 heavy (non-hydrogen) atoms. The van der Waals surface area contributed by atoms with Gasteiger partial charge in [0.1, 0.15) is 5.75 Å². The Kier molecular flexibility index (Phi) is 8.02. The van der Waals surface area contributed by atoms with Crippen LogP contribution in [-0.4, -0.2) is 39.2 Å². The van der Waals surface area contributed by atoms with Crippen molar-refractivity contribution in [3.05, 3.63) is 65.5 Å². The van der Waals surface area contributed by atoms with Crippen LogP contribution in [0.2, 0.25) is 0 Å². The van der Waals surface area contributed by atoms with Crippen LogP contribution in [0.4, 0.5) is 4.39 Å². The molecule has 0 saturated carbocycles. The summed E-state index contributed by atoms with van der Waals surface area (Å²) in [5.41, 5.74) is 1.44. The smallest absolute Gasteiger partial charge is 0.331 e. The summed E-state index contributed by atoms with van der Waals surface area (Å²) in [5, 5.41) is 2.67. The zero-order valence-electron chi connectivity index (χ0n) is 15.7. The van der Waals surface area contributed by atoms with E-state index in [1.54, 1.807) is 13.2 Å². The van der Waals surface area contributed by atoms with E-state index in [0.29, 0.717) is 18.5 Å². The number of para-hydroxylation sites is 1. The number of ether oxygens (including phenoxy) is 3. The Bertz CT molecular complexity index is 850. The minimum Gasteiger partial charge on any atom is -0.496 e. The average Bonchev–Trinajstić information content (AvgIpc) is 2.71. The van der Waals surface area contributed by atoms with Gasteiger partial charge in [-0.2, -0.15) is 0 Å². The van der Waals surface area contributed by atoms with Crippen LogP contribution < -0.4 is 14.8 Å². The van der Waals surface area contributed by atoms with Crippen molar-refractivity contribution in [3.63, 3.8) is 0 Å². The quantitative estimate of drug-likeness (QED) is 0.529. The molecule has 148 valence electrons. The highest BCUT2D eigenvalue weighted by Crippen LogP contribution is 2.18. The van der Waals surface area contributed by atoms with Crippen LogP contribution >= 0.6 is 0 Å². The van der Waals surface area contributed by atoms with Crippen LogP contribution in [0.3, 0.4) is 0 Å². The van der Waals surface area contributed by atoms with Gasteiger partial charge in [0.05, 0.1) is 14.2 Å². The molecule has 0 unspecified atom stereocenters. The molecule has 0 aromatic heterocycles. The number of hydrogen-bond donors (Lipinski definition) is 1. The molecule has 0 aliphatic heterocycles. The highest BCUT2D eigenvalue weighted by atomic mass is 19.1. The number of carbonyl (C=O) groups is 2. The molecule has 0 spiro atoms. The van der Waals surface area contributed by atoms with Gasteiger partial charge >= 0.3 is 5.97 Å². The molecule has 6 nitrogen and oxygen atoms in total. The fourth-order valence-corrected chi connectivity index (χ4v) is 2.43. The summed E-state index contributed by atoms with van der Waals surface area (Å²) in [6.07, 6.45) is 3.11. The Balaban J connectivity index is 1.73. The molecule has 2 rings (SSSR count). The fraction of sp³-hybridized carbons (Fsp3) is 0.238. The Morgan fingerprint density at radius 1 is 1.07 bits per heavy atom. The Morgan fingerprint density at radius 2 is 1.82 bits per heavy atom. The van der Waals surface area contributed by atoms with E-state index >= 15 is 0 Å². The maximum absolute atomic E-state index is 13.6. The topological polar surface area (TPSA) is 73.9 Å². The monoisotopic (exact) mass is 387 g/mol. The fourth-order valence-electron chi connectivity index (χ4n) is 2.43. The molecule has 0 fully saturated rings. The Hall–Kier alpha value is -3.35. The van der Waals surface area contributed by atoms with Crippen LogP contribution in [0.25, 0.3) is 6.08 Å². The Labute approximate surface area is 162 Å². The maximum Gasteiger partial charge on any atom is 0.331 e. The lowest BCUT2D eigenvalue weighted by Gasteiger charge is -2.09. The van der Waals surface area contributed by atoms with Gasteiger partial charge in [0.2, 0.25) is 0 Å². The molecule has 0 radical (unpaired) electrons. The highest BCUT2D eigenvalue weighted by Gasteiger charge is 2.07. The SMILES string of the molecule is COc1ccc(/C=C/C(=O)OCC(=O)NCCc2ccccc2OC)cc1F. The summed E-state index contributed by atoms with van der Waals surface area (Å²) in [7, 11) is 2.96. The van der Waals surface area contributed by atoms with E-state index in [9.17, 15) is 14.0 Å². The van der Waals surface area contributed by atoms with E-state index in [-0.39, 0.29) is 5.75 Å². The average molecular weight is 387 g/mol. The number of halogens is 1. The van der Waals surface area contributed by atoms with Crippen LogP contribution in [-0.2, 0) is 20.7 Å². The second-order valence-corrected chi connectivity index (χ2v) is 5.75. The molecular formula is C21H22FNO5. The van der Waals surface area contributed by atoms with Crippen molar-refractivity contribution >= 4 is 18.0 Å². The van der Waals surface area contributed by atoms with Gasteiger partial charge in [0.25, 0.3) is 5.91 Å². The van der Waals surface area contributed by atoms with E-state index in [1.165, 1.54) is 25.3 Å². The van der Waals surface area contributed by atoms with Crippen molar-refractivity contribution in [2.45, 2.75) is 6.42 Å². The molecule has 1 amide bonds. The molecule has 7 heteroatoms. The third-order valence-corrected chi connectivity index (χ3v) is 3.84. The number of esters is 1. The van der Waals surface area contributed by atoms with Crippen molar-refractivity contribution in [2.24, 2.45) is 0 Å². The number of methoxy groups -OCH3 is 2. The van der Waals surface area contributed by atoms with E-state index in [4.69, 9.17) is 14.2 Å². The second-order valence-electron chi connectivity index (χ2n) is 5.75. The first-order chi connectivity index (χ1) is 13.5. The van der Waals surface area contributed by atoms with Gasteiger partial charge in [-0.3, -0.25) is 4.79 Å². The largest absolute Gasteiger partial charge is 0.496 e. The number of amides is 1. The molecule has 2 aromatic rings. The first-order valence-corrected chi connectivity index (χ1v) is 8.60. The number of benzene rings is 2. The summed E-state index contributed by atoms with van der Waals surface area (Å²) < 4.78 is 28.5. The van der Waals surface area contributed by atoms with Gasteiger partial charge in [0.15, 0.2) is 18.2 Å². The summed E-state index contributed by atoms with van der Waals surface area (Å²) in [6, 6.07) is 11.8. The van der Waals surface area contributed by atoms with Crippen molar-refractivity contribution in [2.75, 3.05) is 27.4 Å². The van der Waals surface area contributed by atoms with Gasteiger partial charge in [-0.25, -0.2) is 9.18 Å². The molecular weight excluding hydrogens is 365 g/mol. The molecule has 1 N–H and O–H groups in total. The van der Waals surface area contributed by atoms with Gasteiger partial charge in [-0.15, -0.1) is 0 Å². The molecule has 0 heterocycles. The molecule has 0 saturated heterocycles. The lowest BCUT2D eigenvalue weighted by molar-refractivity contribution is -0.143. The summed E-state index contributed by atoms with van der Waals surface area (Å²) in [5.74, 6) is -0.775. The molecule has 0 aliphatic rings. The van der Waals surface area contributed by atoms with Gasteiger partial charge in [-0.05, 0) is 41.8 Å². The number of carbonyl (C=O) groups excluding carboxylic acids is 2. The number of rotatable bonds is 9. The third kappa shape index (κ3) is 6.42. The van der Waals surface area contributed by atoms with Gasteiger partial charge in [-0.1, -0.05) is 24.3 Å². The first kappa shape index (κ1) is 21.0. The molecule has 2 aromatic carbocycles. The van der Waals surface area contributed by atoms with Crippen LogP contribution in [0, 0.1) is 5.82 Å². The predicted octanol–water partition coefficient (Wildman–Crippen LogP) is 2.76. The highest BCUT2D eigenvalue weighted by molar-refractivity contribution is 5.89. The summed E-state index contributed by atoms with van der Waals surface area (Å²) in [4.78, 5) is 23.5. The van der Waals surface area contributed by atoms with E-state index in [1.807, 2.05) is 24.3 Å². The van der Waals surface area contributed by atoms with Crippen molar-refractivity contribution < 1.29 is 28.2 Å². The predicted molar refractivity (Wildman–Crippen MR) is 103 cm³/mol. The zero-order valence-corrected chi connectivity index (χ0v) is 15.7. The van der Waals surface area contributed by atoms with Crippen molar-refractivity contribution in [1.29, 1.82) is 0 Å². The molecule has 0 aliphatic carbocycles. The van der Waals surface area contributed by atoms with E-state index in [0.717, 1.165) is 17.4 Å². The molecule has 0 atom stereocenters. The van der Waals surface area contributed by atoms with Crippen LogP contribution in [0.15, 0.2) is 48.5 Å². The zero-order chi connectivity index (χ0) is 20.4. The lowest BCUT2D eigenvalue weighted by Crippen LogP contribution is -2.30. The summed E-state index contributed by atoms with van der Waals surface area (Å²) >= 11 is 0. The van der Waals surface area contributed by atoms with Gasteiger partial charge < -0.3 is 19.5 Å². The van der Waals surface area contributed by atoms with E-state index < -0.39 is 24.3 Å². The van der Waals surface area contributed by atoms with Gasteiger partial charge in [0, 0.05) is 12.6 Å². The first-order valence-electron chi connectivity index (χ1n) is 8.60. The van der Waals surface area contributed by atoms with Crippen molar-refractivity contribution in [3.8, 4) is 11.5 Å². The number of hydrogen-bond acceptors (Lipinski definition) is 5. The summed E-state index contributed by atoms with van der Waals surface area (Å²) in [6.45, 7) is -0.0101. The second kappa shape index (κ2) is 10.7. The minimum atomic E-state index is -0.698. The Morgan fingerprint density at radius 3 is 2.54 bits per heavy atom.